The van der Waals surface area contributed by atoms with Crippen LogP contribution < -0.4 is 14.5 Å². The molecule has 3 unspecified atom stereocenters. The van der Waals surface area contributed by atoms with Crippen LogP contribution in [0.1, 0.15) is 58.4 Å². The normalized spacial score (nSPS) is 17.1. The first-order valence-electron chi connectivity index (χ1n) is 30.4. The molecule has 10 aromatic carbocycles. The van der Waals surface area contributed by atoms with Crippen molar-refractivity contribution in [2.24, 2.45) is 0 Å². The summed E-state index contributed by atoms with van der Waals surface area (Å²) in [6, 6.07) is 72.7. The lowest BCUT2D eigenvalue weighted by Gasteiger charge is -2.31. The maximum atomic E-state index is 7.07. The smallest absolute Gasteiger partial charge is 0.159 e. The molecule has 0 saturated heterocycles. The summed E-state index contributed by atoms with van der Waals surface area (Å²) in [4.78, 5) is 5.03. The third kappa shape index (κ3) is 6.61. The second-order valence-electron chi connectivity index (χ2n) is 24.1. The number of hydrogen-bond acceptors (Lipinski definition) is 4. The largest absolute Gasteiger partial charge is 0.483 e. The van der Waals surface area contributed by atoms with Crippen molar-refractivity contribution in [1.82, 2.24) is 8.97 Å². The quantitative estimate of drug-likeness (QED) is 0.152. The van der Waals surface area contributed by atoms with Gasteiger partial charge < -0.3 is 27.9 Å². The van der Waals surface area contributed by atoms with Gasteiger partial charge in [0.25, 0.3) is 0 Å². The molecule has 86 heavy (non-hydrogen) atoms. The van der Waals surface area contributed by atoms with Gasteiger partial charge in [-0.05, 0) is 139 Å². The first-order chi connectivity index (χ1) is 42.5. The van der Waals surface area contributed by atoms with E-state index in [2.05, 4.69) is 281 Å². The van der Waals surface area contributed by atoms with Crippen molar-refractivity contribution in [2.45, 2.75) is 51.2 Å². The highest BCUT2D eigenvalue weighted by atomic mass is 16.5. The predicted molar refractivity (Wildman–Crippen MR) is 357 cm³/mol. The van der Waals surface area contributed by atoms with E-state index < -0.39 is 0 Å². The second kappa shape index (κ2) is 18.0. The third-order valence-corrected chi connectivity index (χ3v) is 19.6. The summed E-state index contributed by atoms with van der Waals surface area (Å²) in [5, 5.41) is 8.62. The van der Waals surface area contributed by atoms with Crippen molar-refractivity contribution in [1.29, 1.82) is 0 Å². The monoisotopic (exact) mass is 1100 g/mol. The van der Waals surface area contributed by atoms with Crippen LogP contribution in [0.5, 0.6) is 5.75 Å². The van der Waals surface area contributed by atoms with E-state index >= 15 is 0 Å². The Morgan fingerprint density at radius 1 is 0.488 bits per heavy atom. The summed E-state index contributed by atoms with van der Waals surface area (Å²) >= 11 is 0. The number of allylic oxidation sites excluding steroid dienone is 7. The second-order valence-corrected chi connectivity index (χ2v) is 24.1. The number of hydrogen-bond donors (Lipinski definition) is 0. The minimum Gasteiger partial charge on any atom is -0.483 e. The van der Waals surface area contributed by atoms with Gasteiger partial charge >= 0.3 is 0 Å². The first-order valence-corrected chi connectivity index (χ1v) is 30.4. The zero-order valence-electron chi connectivity index (χ0n) is 47.6. The number of ether oxygens (including phenoxy) is 1. The summed E-state index contributed by atoms with van der Waals surface area (Å²) in [5.74, 6) is 2.06. The minimum absolute atomic E-state index is 0.0531. The zero-order valence-corrected chi connectivity index (χ0v) is 47.6. The topological polar surface area (TPSA) is 38.2 Å². The molecule has 4 aromatic heterocycles. The Morgan fingerprint density at radius 2 is 1.16 bits per heavy atom. The number of aromatic nitrogens is 2. The Morgan fingerprint density at radius 3 is 1.97 bits per heavy atom. The molecule has 3 atom stereocenters. The number of aryl methyl sites for hydroxylation is 3. The summed E-state index contributed by atoms with van der Waals surface area (Å²) in [5.41, 5.74) is 25.9. The Bertz CT molecular complexity index is 5410. The molecule has 5 aliphatic rings. The number of rotatable bonds is 8. The third-order valence-electron chi connectivity index (χ3n) is 19.6. The fourth-order valence-electron chi connectivity index (χ4n) is 15.7. The van der Waals surface area contributed by atoms with E-state index in [4.69, 9.17) is 9.15 Å². The summed E-state index contributed by atoms with van der Waals surface area (Å²) in [7, 11) is 0. The molecule has 6 heteroatoms. The van der Waals surface area contributed by atoms with Gasteiger partial charge in [-0.2, -0.15) is 0 Å². The molecule has 0 bridgehead atoms. The fourth-order valence-corrected chi connectivity index (χ4v) is 15.7. The van der Waals surface area contributed by atoms with Crippen molar-refractivity contribution in [3.05, 3.63) is 276 Å². The summed E-state index contributed by atoms with van der Waals surface area (Å²) in [6.07, 6.45) is 23.0. The van der Waals surface area contributed by atoms with Gasteiger partial charge in [-0.1, -0.05) is 182 Å². The van der Waals surface area contributed by atoms with E-state index in [1.807, 2.05) is 0 Å². The number of para-hydroxylation sites is 3. The number of fused-ring (bicyclic) bond motifs is 18. The van der Waals surface area contributed by atoms with Crippen LogP contribution in [0, 0.1) is 13.8 Å². The van der Waals surface area contributed by atoms with Crippen LogP contribution >= 0.6 is 0 Å². The highest BCUT2D eigenvalue weighted by Crippen LogP contribution is 2.59. The summed E-state index contributed by atoms with van der Waals surface area (Å²) in [6.45, 7) is 4.50. The average Bonchev–Trinajstić information content (AvgIpc) is 1.57. The molecule has 408 valence electrons. The summed E-state index contributed by atoms with van der Waals surface area (Å²) < 4.78 is 19.3. The van der Waals surface area contributed by atoms with Crippen LogP contribution in [0.4, 0.5) is 34.1 Å². The molecule has 0 N–H and O–H groups in total. The Kier molecular flexibility index (Phi) is 10.0. The van der Waals surface area contributed by atoms with Crippen LogP contribution in [0.25, 0.3) is 105 Å². The van der Waals surface area contributed by atoms with Gasteiger partial charge in [0.2, 0.25) is 0 Å². The molecule has 0 saturated carbocycles. The lowest BCUT2D eigenvalue weighted by Crippen LogP contribution is -2.17. The lowest BCUT2D eigenvalue weighted by atomic mass is 9.90. The van der Waals surface area contributed by atoms with E-state index in [0.29, 0.717) is 0 Å². The van der Waals surface area contributed by atoms with Crippen molar-refractivity contribution in [2.75, 3.05) is 9.80 Å². The number of benzene rings is 10. The van der Waals surface area contributed by atoms with Crippen molar-refractivity contribution >= 4 is 117 Å². The molecular formula is C80H56N4O2. The molecule has 14 aromatic rings. The molecule has 0 fully saturated rings. The predicted octanol–water partition coefficient (Wildman–Crippen LogP) is 21.4. The van der Waals surface area contributed by atoms with E-state index in [9.17, 15) is 0 Å². The van der Waals surface area contributed by atoms with Gasteiger partial charge in [0.05, 0.1) is 56.4 Å². The molecule has 2 aliphatic heterocycles. The molecule has 3 aliphatic carbocycles. The van der Waals surface area contributed by atoms with Crippen molar-refractivity contribution in [3.8, 4) is 28.0 Å². The van der Waals surface area contributed by atoms with E-state index in [0.717, 1.165) is 70.5 Å². The Balaban J connectivity index is 0.862. The fraction of sp³-hybridized carbons (Fsp3) is 0.100. The number of furan rings is 1. The van der Waals surface area contributed by atoms with Gasteiger partial charge in [-0.25, -0.2) is 0 Å². The highest BCUT2D eigenvalue weighted by Gasteiger charge is 2.40. The molecule has 0 radical (unpaired) electrons. The van der Waals surface area contributed by atoms with Crippen LogP contribution in [0.2, 0.25) is 0 Å². The van der Waals surface area contributed by atoms with Crippen LogP contribution in [-0.2, 0) is 6.42 Å². The highest BCUT2D eigenvalue weighted by molar-refractivity contribution is 6.30. The van der Waals surface area contributed by atoms with Gasteiger partial charge in [0.1, 0.15) is 17.6 Å². The number of anilines is 6. The molecule has 6 nitrogen and oxygen atoms in total. The Labute approximate surface area is 497 Å². The van der Waals surface area contributed by atoms with Gasteiger partial charge in [0, 0.05) is 71.7 Å². The maximum Gasteiger partial charge on any atom is 0.159 e. The maximum absolute atomic E-state index is 7.07. The Hall–Kier alpha value is -10.6. The SMILES string of the molecule is Cc1ccc(-c2ccccc2)cc1N(c1cccc2c1OC1C=CC=CC21)c1ccc2c3cc4c(cc3n3c2c1C1=CC=CCC13)c1ccc(N(c2cc(-c3ccccc3)ccc2C)c2cccc3c5c(oc23)C=CCC5)c2c3ccccc3n4c12. The lowest BCUT2D eigenvalue weighted by molar-refractivity contribution is 0.269. The van der Waals surface area contributed by atoms with Crippen LogP contribution in [0.3, 0.4) is 0 Å². The first kappa shape index (κ1) is 47.9. The van der Waals surface area contributed by atoms with Crippen LogP contribution in [-0.4, -0.2) is 15.1 Å². The van der Waals surface area contributed by atoms with E-state index in [-0.39, 0.29) is 18.1 Å². The van der Waals surface area contributed by atoms with Crippen LogP contribution in [0.15, 0.2) is 247 Å². The van der Waals surface area contributed by atoms with Crippen molar-refractivity contribution < 1.29 is 9.15 Å². The molecule has 0 spiro atoms. The zero-order chi connectivity index (χ0) is 56.5. The van der Waals surface area contributed by atoms with Gasteiger partial charge in [0.15, 0.2) is 5.58 Å². The van der Waals surface area contributed by atoms with Crippen molar-refractivity contribution in [3.63, 3.8) is 0 Å². The van der Waals surface area contributed by atoms with E-state index in [1.165, 1.54) is 121 Å². The molecule has 19 rings (SSSR count). The minimum atomic E-state index is -0.0531. The van der Waals surface area contributed by atoms with E-state index in [1.54, 1.807) is 0 Å². The molecular weight excluding hydrogens is 1050 g/mol. The average molecular weight is 1110 g/mol. The standard InChI is InChI=1S/C80H56N4O2/c1-47-35-37-51(49-19-5-3-6-20-49)43-69(47)81(67-31-17-27-57-53-23-11-15-33-73(53)85-79(57)67)65-41-39-55-61-45-72-62(46-71(61)83-63-29-13-9-25-59(63)75(65)77(55)83)56-40-42-66(76-60-26-10-14-30-64(60)84(72)78(56)76)82(70-44-52(38-36-48(70)2)50-21-7-4-8-22-50)68-32-18-28-58-54-24-12-16-34-74(54)86-80(58)68/h3-11,13-23,25-28,30-46,53,63,73H,12,24,29H2,1-2H3. The molecule has 0 amide bonds. The van der Waals surface area contributed by atoms with Gasteiger partial charge in [-0.3, -0.25) is 0 Å². The molecule has 6 heterocycles. The number of nitrogens with zero attached hydrogens (tertiary/aromatic N) is 4. The van der Waals surface area contributed by atoms with Gasteiger partial charge in [-0.15, -0.1) is 0 Å².